The van der Waals surface area contributed by atoms with Gasteiger partial charge in [0.2, 0.25) is 11.8 Å². The Morgan fingerprint density at radius 3 is 2.57 bits per heavy atom. The van der Waals surface area contributed by atoms with Gasteiger partial charge in [0.05, 0.1) is 5.69 Å². The van der Waals surface area contributed by atoms with Gasteiger partial charge in [-0.25, -0.2) is 15.2 Å². The quantitative estimate of drug-likeness (QED) is 0.632. The van der Waals surface area contributed by atoms with Gasteiger partial charge in [0.1, 0.15) is 11.9 Å². The first kappa shape index (κ1) is 20.9. The van der Waals surface area contributed by atoms with E-state index in [1.165, 1.54) is 12.1 Å². The van der Waals surface area contributed by atoms with Gasteiger partial charge in [-0.15, -0.1) is 0 Å². The molecule has 2 unspecified atom stereocenters. The third kappa shape index (κ3) is 4.69. The van der Waals surface area contributed by atoms with Crippen molar-refractivity contribution in [1.82, 2.24) is 20.7 Å². The molecule has 2 aromatic rings. The standard InChI is InChI=1S/C21H23BrFN5O2/c22-15-1-2-17(16(23)11-15)25-20(29)14-5-9-28(10-6-14)21(30)19-12-18(26-27-19)13-3-7-24-8-4-13/h1-4,7-8,11,14,18-19,26-27H,5-6,9-10,12H2,(H,25,29). The van der Waals surface area contributed by atoms with E-state index in [0.717, 1.165) is 5.56 Å². The Balaban J connectivity index is 1.28. The van der Waals surface area contributed by atoms with Crippen LogP contribution in [0.5, 0.6) is 0 Å². The summed E-state index contributed by atoms with van der Waals surface area (Å²) in [6.45, 7) is 1.02. The number of amides is 2. The Morgan fingerprint density at radius 1 is 1.13 bits per heavy atom. The van der Waals surface area contributed by atoms with Crippen molar-refractivity contribution in [3.05, 3.63) is 58.6 Å². The van der Waals surface area contributed by atoms with Gasteiger partial charge in [0.25, 0.3) is 0 Å². The number of likely N-dealkylation sites (tertiary alicyclic amines) is 1. The molecule has 158 valence electrons. The number of benzene rings is 1. The molecule has 4 rings (SSSR count). The number of hydrogen-bond acceptors (Lipinski definition) is 5. The molecule has 9 heteroatoms. The van der Waals surface area contributed by atoms with Gasteiger partial charge in [-0.3, -0.25) is 14.6 Å². The molecule has 30 heavy (non-hydrogen) atoms. The minimum atomic E-state index is -0.478. The number of hydrogen-bond donors (Lipinski definition) is 3. The first-order valence-corrected chi connectivity index (χ1v) is 10.8. The van der Waals surface area contributed by atoms with Crippen LogP contribution in [0.2, 0.25) is 0 Å². The van der Waals surface area contributed by atoms with Crippen molar-refractivity contribution < 1.29 is 14.0 Å². The number of piperidine rings is 1. The molecule has 2 atom stereocenters. The van der Waals surface area contributed by atoms with Crippen molar-refractivity contribution >= 4 is 33.4 Å². The molecule has 2 saturated heterocycles. The lowest BCUT2D eigenvalue weighted by atomic mass is 9.94. The van der Waals surface area contributed by atoms with E-state index in [1.807, 2.05) is 12.1 Å². The fraction of sp³-hybridized carbons (Fsp3) is 0.381. The first-order chi connectivity index (χ1) is 14.5. The Labute approximate surface area is 182 Å². The predicted octanol–water partition coefficient (Wildman–Crippen LogP) is 2.77. The van der Waals surface area contributed by atoms with Crippen LogP contribution in [-0.2, 0) is 9.59 Å². The highest BCUT2D eigenvalue weighted by Crippen LogP contribution is 2.26. The minimum absolute atomic E-state index is 0.0388. The zero-order chi connectivity index (χ0) is 21.1. The van der Waals surface area contributed by atoms with Crippen molar-refractivity contribution in [2.24, 2.45) is 5.92 Å². The van der Waals surface area contributed by atoms with Crippen molar-refractivity contribution in [3.8, 4) is 0 Å². The SMILES string of the molecule is O=C(Nc1ccc(Br)cc1F)C1CCN(C(=O)C2CC(c3ccncc3)NN2)CC1. The van der Waals surface area contributed by atoms with Crippen molar-refractivity contribution in [3.63, 3.8) is 0 Å². The maximum atomic E-state index is 14.0. The van der Waals surface area contributed by atoms with Crippen molar-refractivity contribution in [2.75, 3.05) is 18.4 Å². The van der Waals surface area contributed by atoms with E-state index in [2.05, 4.69) is 37.1 Å². The van der Waals surface area contributed by atoms with Gasteiger partial charge >= 0.3 is 0 Å². The van der Waals surface area contributed by atoms with Crippen LogP contribution in [0.15, 0.2) is 47.2 Å². The highest BCUT2D eigenvalue weighted by atomic mass is 79.9. The maximum Gasteiger partial charge on any atom is 0.241 e. The zero-order valence-corrected chi connectivity index (χ0v) is 17.9. The molecule has 2 aliphatic heterocycles. The molecular formula is C21H23BrFN5O2. The first-order valence-electron chi connectivity index (χ1n) is 9.97. The van der Waals surface area contributed by atoms with E-state index in [-0.39, 0.29) is 35.5 Å². The predicted molar refractivity (Wildman–Crippen MR) is 114 cm³/mol. The maximum absolute atomic E-state index is 14.0. The average Bonchev–Trinajstić information content (AvgIpc) is 3.26. The van der Waals surface area contributed by atoms with Crippen molar-refractivity contribution in [1.29, 1.82) is 0 Å². The number of halogens is 2. The van der Waals surface area contributed by atoms with Crippen LogP contribution in [-0.4, -0.2) is 40.8 Å². The highest BCUT2D eigenvalue weighted by molar-refractivity contribution is 9.10. The van der Waals surface area contributed by atoms with Gasteiger partial charge in [0.15, 0.2) is 0 Å². The number of rotatable bonds is 4. The number of carbonyl (C=O) groups excluding carboxylic acids is 2. The number of nitrogens with one attached hydrogen (secondary N) is 3. The second-order valence-corrected chi connectivity index (χ2v) is 8.54. The lowest BCUT2D eigenvalue weighted by molar-refractivity contribution is -0.136. The third-order valence-electron chi connectivity index (χ3n) is 5.68. The third-order valence-corrected chi connectivity index (χ3v) is 6.17. The molecule has 2 fully saturated rings. The fourth-order valence-corrected chi connectivity index (χ4v) is 4.27. The largest absolute Gasteiger partial charge is 0.341 e. The fourth-order valence-electron chi connectivity index (χ4n) is 3.94. The Bertz CT molecular complexity index is 921. The lowest BCUT2D eigenvalue weighted by Gasteiger charge is -2.32. The molecule has 1 aromatic carbocycles. The van der Waals surface area contributed by atoms with Crippen molar-refractivity contribution in [2.45, 2.75) is 31.3 Å². The molecule has 7 nitrogen and oxygen atoms in total. The van der Waals surface area contributed by atoms with Crippen LogP contribution in [0, 0.1) is 11.7 Å². The lowest BCUT2D eigenvalue weighted by Crippen LogP contribution is -2.49. The normalized spacial score (nSPS) is 22.1. The van der Waals surface area contributed by atoms with Gasteiger partial charge in [-0.2, -0.15) is 0 Å². The minimum Gasteiger partial charge on any atom is -0.341 e. The van der Waals surface area contributed by atoms with Crippen LogP contribution < -0.4 is 16.2 Å². The molecular weight excluding hydrogens is 453 g/mol. The highest BCUT2D eigenvalue weighted by Gasteiger charge is 2.35. The summed E-state index contributed by atoms with van der Waals surface area (Å²) in [7, 11) is 0. The Morgan fingerprint density at radius 2 is 1.87 bits per heavy atom. The van der Waals surface area contributed by atoms with Crippen LogP contribution >= 0.6 is 15.9 Å². The Hall–Kier alpha value is -2.36. The number of hydrazine groups is 1. The molecule has 0 spiro atoms. The van der Waals surface area contributed by atoms with E-state index in [0.29, 0.717) is 36.8 Å². The molecule has 2 aliphatic rings. The van der Waals surface area contributed by atoms with Gasteiger partial charge in [0, 0.05) is 41.9 Å². The van der Waals surface area contributed by atoms with Gasteiger partial charge in [-0.05, 0) is 55.2 Å². The summed E-state index contributed by atoms with van der Waals surface area (Å²) < 4.78 is 14.6. The summed E-state index contributed by atoms with van der Waals surface area (Å²) in [6, 6.07) is 8.17. The van der Waals surface area contributed by atoms with Crippen LogP contribution in [0.3, 0.4) is 0 Å². The van der Waals surface area contributed by atoms with Gasteiger partial charge in [-0.1, -0.05) is 15.9 Å². The zero-order valence-electron chi connectivity index (χ0n) is 16.3. The number of anilines is 1. The number of pyridine rings is 1. The topological polar surface area (TPSA) is 86.4 Å². The van der Waals surface area contributed by atoms with E-state index in [4.69, 9.17) is 0 Å². The molecule has 0 aliphatic carbocycles. The summed E-state index contributed by atoms with van der Waals surface area (Å²) in [5.74, 6) is -0.885. The van der Waals surface area contributed by atoms with Crippen LogP contribution in [0.1, 0.15) is 30.9 Å². The summed E-state index contributed by atoms with van der Waals surface area (Å²) in [6.07, 6.45) is 5.25. The summed E-state index contributed by atoms with van der Waals surface area (Å²) >= 11 is 3.20. The molecule has 0 saturated carbocycles. The number of carbonyl (C=O) groups is 2. The molecule has 2 amide bonds. The molecule has 3 N–H and O–H groups in total. The molecule has 1 aromatic heterocycles. The van der Waals surface area contributed by atoms with Crippen LogP contribution in [0.4, 0.5) is 10.1 Å². The molecule has 0 radical (unpaired) electrons. The molecule has 3 heterocycles. The summed E-state index contributed by atoms with van der Waals surface area (Å²) in [5.41, 5.74) is 7.53. The summed E-state index contributed by atoms with van der Waals surface area (Å²) in [5, 5.41) is 2.66. The molecule has 0 bridgehead atoms. The van der Waals surface area contributed by atoms with E-state index < -0.39 is 5.82 Å². The van der Waals surface area contributed by atoms with E-state index in [1.54, 1.807) is 23.4 Å². The average molecular weight is 476 g/mol. The van der Waals surface area contributed by atoms with E-state index in [9.17, 15) is 14.0 Å². The monoisotopic (exact) mass is 475 g/mol. The summed E-state index contributed by atoms with van der Waals surface area (Å²) in [4.78, 5) is 31.2. The second-order valence-electron chi connectivity index (χ2n) is 7.62. The Kier molecular flexibility index (Phi) is 6.40. The van der Waals surface area contributed by atoms with E-state index >= 15 is 0 Å². The van der Waals surface area contributed by atoms with Crippen LogP contribution in [0.25, 0.3) is 0 Å². The smallest absolute Gasteiger partial charge is 0.241 e. The number of aromatic nitrogens is 1. The van der Waals surface area contributed by atoms with Gasteiger partial charge < -0.3 is 10.2 Å². The number of nitrogens with zero attached hydrogens (tertiary/aromatic N) is 2. The second kappa shape index (κ2) is 9.20.